The largest absolute Gasteiger partial charge is 0.376 e. The third-order valence-corrected chi connectivity index (χ3v) is 2.44. The van der Waals surface area contributed by atoms with Gasteiger partial charge in [0.15, 0.2) is 0 Å². The second-order valence-electron chi connectivity index (χ2n) is 3.76. The minimum atomic E-state index is 0.552. The smallest absolute Gasteiger partial charge is 0.0639 e. The quantitative estimate of drug-likeness (QED) is 0.701. The first-order valence-electron chi connectivity index (χ1n) is 4.49. The van der Waals surface area contributed by atoms with Gasteiger partial charge in [-0.3, -0.25) is 0 Å². The number of anilines is 1. The molecule has 1 aromatic carbocycles. The van der Waals surface area contributed by atoms with Gasteiger partial charge in [-0.05, 0) is 23.6 Å². The molecule has 0 aliphatic carbocycles. The Kier molecular flexibility index (Phi) is 3.21. The zero-order valence-electron chi connectivity index (χ0n) is 8.63. The lowest BCUT2D eigenvalue weighted by atomic mass is 10.0. The molecule has 0 aromatic heterocycles. The van der Waals surface area contributed by atoms with Gasteiger partial charge < -0.3 is 4.90 Å². The molecule has 0 atom stereocenters. The molecule has 0 radical (unpaired) electrons. The molecule has 0 aliphatic rings. The van der Waals surface area contributed by atoms with Crippen LogP contribution in [0.2, 0.25) is 5.02 Å². The van der Waals surface area contributed by atoms with Crippen molar-refractivity contribution in [1.29, 1.82) is 0 Å². The highest BCUT2D eigenvalue weighted by atomic mass is 35.5. The van der Waals surface area contributed by atoms with Crippen LogP contribution in [0.5, 0.6) is 0 Å². The van der Waals surface area contributed by atoms with Crippen LogP contribution in [0.3, 0.4) is 0 Å². The van der Waals surface area contributed by atoms with Gasteiger partial charge in [0.05, 0.1) is 10.7 Å². The number of hydrogen-bond acceptors (Lipinski definition) is 1. The maximum Gasteiger partial charge on any atom is 0.0639 e. The maximum atomic E-state index is 6.05. The Balaban J connectivity index is 3.11. The number of nitrogens with zero attached hydrogens (tertiary/aromatic N) is 1. The standard InChI is InChI=1S/C11H16ClN/c1-8(2)9-5-6-10(12)11(7-9)13(3)4/h5-8H,1-4H3. The van der Waals surface area contributed by atoms with E-state index in [0.29, 0.717) is 5.92 Å². The fraction of sp³-hybridized carbons (Fsp3) is 0.455. The first-order valence-corrected chi connectivity index (χ1v) is 4.87. The van der Waals surface area contributed by atoms with Crippen LogP contribution in [0.4, 0.5) is 5.69 Å². The number of halogens is 1. The van der Waals surface area contributed by atoms with Gasteiger partial charge in [-0.2, -0.15) is 0 Å². The lowest BCUT2D eigenvalue weighted by Gasteiger charge is -2.16. The predicted molar refractivity (Wildman–Crippen MR) is 59.9 cm³/mol. The van der Waals surface area contributed by atoms with Crippen LogP contribution in [0.25, 0.3) is 0 Å². The van der Waals surface area contributed by atoms with Crippen LogP contribution < -0.4 is 4.90 Å². The van der Waals surface area contributed by atoms with Gasteiger partial charge >= 0.3 is 0 Å². The van der Waals surface area contributed by atoms with Crippen molar-refractivity contribution in [2.45, 2.75) is 19.8 Å². The molecule has 0 spiro atoms. The predicted octanol–water partition coefficient (Wildman–Crippen LogP) is 3.53. The molecule has 0 N–H and O–H groups in total. The van der Waals surface area contributed by atoms with Gasteiger partial charge in [0.2, 0.25) is 0 Å². The molecular formula is C11H16ClN. The van der Waals surface area contributed by atoms with E-state index >= 15 is 0 Å². The minimum absolute atomic E-state index is 0.552. The molecule has 0 amide bonds. The third-order valence-electron chi connectivity index (χ3n) is 2.12. The van der Waals surface area contributed by atoms with Gasteiger partial charge in [0.1, 0.15) is 0 Å². The molecular weight excluding hydrogens is 182 g/mol. The number of benzene rings is 1. The number of hydrogen-bond donors (Lipinski definition) is 0. The van der Waals surface area contributed by atoms with E-state index in [1.807, 2.05) is 25.1 Å². The molecule has 1 nitrogen and oxygen atoms in total. The molecule has 2 heteroatoms. The van der Waals surface area contributed by atoms with E-state index in [0.717, 1.165) is 10.7 Å². The van der Waals surface area contributed by atoms with Crippen molar-refractivity contribution in [3.8, 4) is 0 Å². The minimum Gasteiger partial charge on any atom is -0.376 e. The number of rotatable bonds is 2. The van der Waals surface area contributed by atoms with Crippen molar-refractivity contribution < 1.29 is 0 Å². The van der Waals surface area contributed by atoms with Crippen LogP contribution >= 0.6 is 11.6 Å². The Labute approximate surface area is 85.3 Å². The summed E-state index contributed by atoms with van der Waals surface area (Å²) in [5, 5.41) is 0.814. The summed E-state index contributed by atoms with van der Waals surface area (Å²) >= 11 is 6.05. The Bertz CT molecular complexity index is 292. The molecule has 0 saturated carbocycles. The van der Waals surface area contributed by atoms with Crippen molar-refractivity contribution in [3.05, 3.63) is 28.8 Å². The molecule has 0 bridgehead atoms. The van der Waals surface area contributed by atoms with Crippen molar-refractivity contribution >= 4 is 17.3 Å². The molecule has 72 valence electrons. The van der Waals surface area contributed by atoms with Crippen LogP contribution in [-0.4, -0.2) is 14.1 Å². The maximum absolute atomic E-state index is 6.05. The molecule has 0 fully saturated rings. The van der Waals surface area contributed by atoms with E-state index < -0.39 is 0 Å². The average Bonchev–Trinajstić information content (AvgIpc) is 2.04. The second kappa shape index (κ2) is 4.01. The highest BCUT2D eigenvalue weighted by molar-refractivity contribution is 6.33. The lowest BCUT2D eigenvalue weighted by molar-refractivity contribution is 0.865. The summed E-state index contributed by atoms with van der Waals surface area (Å²) in [5.74, 6) is 0.552. The summed E-state index contributed by atoms with van der Waals surface area (Å²) in [5.41, 5.74) is 2.42. The van der Waals surface area contributed by atoms with Crippen molar-refractivity contribution in [2.24, 2.45) is 0 Å². The molecule has 13 heavy (non-hydrogen) atoms. The van der Waals surface area contributed by atoms with Crippen LogP contribution in [-0.2, 0) is 0 Å². The summed E-state index contributed by atoms with van der Waals surface area (Å²) in [6.07, 6.45) is 0. The molecule has 1 aromatic rings. The average molecular weight is 198 g/mol. The van der Waals surface area contributed by atoms with E-state index in [-0.39, 0.29) is 0 Å². The van der Waals surface area contributed by atoms with E-state index in [1.165, 1.54) is 5.56 Å². The SMILES string of the molecule is CC(C)c1ccc(Cl)c(N(C)C)c1. The summed E-state index contributed by atoms with van der Waals surface area (Å²) in [4.78, 5) is 2.04. The third kappa shape index (κ3) is 2.38. The molecule has 0 unspecified atom stereocenters. The fourth-order valence-corrected chi connectivity index (χ4v) is 1.52. The topological polar surface area (TPSA) is 3.24 Å². The van der Waals surface area contributed by atoms with Crippen LogP contribution in [0.15, 0.2) is 18.2 Å². The second-order valence-corrected chi connectivity index (χ2v) is 4.17. The van der Waals surface area contributed by atoms with Gasteiger partial charge in [0.25, 0.3) is 0 Å². The zero-order valence-corrected chi connectivity index (χ0v) is 9.39. The van der Waals surface area contributed by atoms with E-state index in [2.05, 4.69) is 26.0 Å². The normalized spacial score (nSPS) is 10.6. The fourth-order valence-electron chi connectivity index (χ4n) is 1.23. The van der Waals surface area contributed by atoms with E-state index in [4.69, 9.17) is 11.6 Å². The van der Waals surface area contributed by atoms with Crippen LogP contribution in [0.1, 0.15) is 25.3 Å². The Hall–Kier alpha value is -0.690. The first-order chi connectivity index (χ1) is 6.02. The van der Waals surface area contributed by atoms with Crippen molar-refractivity contribution in [1.82, 2.24) is 0 Å². The summed E-state index contributed by atoms with van der Waals surface area (Å²) in [7, 11) is 4.01. The van der Waals surface area contributed by atoms with E-state index in [1.54, 1.807) is 0 Å². The summed E-state index contributed by atoms with van der Waals surface area (Å²) in [6, 6.07) is 6.19. The monoisotopic (exact) mass is 197 g/mol. The van der Waals surface area contributed by atoms with Gasteiger partial charge in [-0.25, -0.2) is 0 Å². The van der Waals surface area contributed by atoms with Gasteiger partial charge in [-0.15, -0.1) is 0 Å². The highest BCUT2D eigenvalue weighted by Gasteiger charge is 2.05. The van der Waals surface area contributed by atoms with Crippen LogP contribution in [0, 0.1) is 0 Å². The Morgan fingerprint density at radius 3 is 2.31 bits per heavy atom. The van der Waals surface area contributed by atoms with Crippen molar-refractivity contribution in [2.75, 3.05) is 19.0 Å². The van der Waals surface area contributed by atoms with E-state index in [9.17, 15) is 0 Å². The molecule has 0 heterocycles. The lowest BCUT2D eigenvalue weighted by Crippen LogP contribution is -2.09. The molecule has 0 aliphatic heterocycles. The first kappa shape index (κ1) is 10.4. The Morgan fingerprint density at radius 1 is 1.23 bits per heavy atom. The summed E-state index contributed by atoms with van der Waals surface area (Å²) < 4.78 is 0. The highest BCUT2D eigenvalue weighted by Crippen LogP contribution is 2.28. The summed E-state index contributed by atoms with van der Waals surface area (Å²) in [6.45, 7) is 4.37. The molecule has 0 saturated heterocycles. The zero-order chi connectivity index (χ0) is 10.0. The Morgan fingerprint density at radius 2 is 1.85 bits per heavy atom. The molecule has 1 rings (SSSR count). The van der Waals surface area contributed by atoms with Crippen molar-refractivity contribution in [3.63, 3.8) is 0 Å². The van der Waals surface area contributed by atoms with Gasteiger partial charge in [0, 0.05) is 14.1 Å². The van der Waals surface area contributed by atoms with Gasteiger partial charge in [-0.1, -0.05) is 31.5 Å².